The van der Waals surface area contributed by atoms with Gasteiger partial charge in [0.2, 0.25) is 0 Å². The van der Waals surface area contributed by atoms with E-state index in [-0.39, 0.29) is 18.3 Å². The van der Waals surface area contributed by atoms with Crippen LogP contribution in [0, 0.1) is 0 Å². The Morgan fingerprint density at radius 1 is 1.58 bits per heavy atom. The van der Waals surface area contributed by atoms with E-state index < -0.39 is 12.1 Å². The van der Waals surface area contributed by atoms with Crippen molar-refractivity contribution in [2.45, 2.75) is 25.5 Å². The molecular formula is C13H16N2O4. The zero-order valence-electron chi connectivity index (χ0n) is 10.8. The summed E-state index contributed by atoms with van der Waals surface area (Å²) in [4.78, 5) is 22.7. The standard InChI is InChI=1S/C13H16N2O4/c1-7-13(17)15-10-5-8(3-4-11(10)19-7)9(14)6-12(16)18-2/h3-5,7,9H,6,14H2,1-2H3,(H,15,17). The first-order valence-corrected chi connectivity index (χ1v) is 5.95. The molecule has 1 amide bonds. The van der Waals surface area contributed by atoms with Crippen LogP contribution >= 0.6 is 0 Å². The summed E-state index contributed by atoms with van der Waals surface area (Å²) in [6.07, 6.45) is -0.428. The first kappa shape index (κ1) is 13.4. The fourth-order valence-electron chi connectivity index (χ4n) is 1.84. The summed E-state index contributed by atoms with van der Waals surface area (Å²) >= 11 is 0. The molecule has 0 radical (unpaired) electrons. The maximum absolute atomic E-state index is 11.5. The molecule has 1 aliphatic rings. The number of carbonyl (C=O) groups is 2. The van der Waals surface area contributed by atoms with Crippen molar-refractivity contribution in [1.29, 1.82) is 0 Å². The Balaban J connectivity index is 2.19. The highest BCUT2D eigenvalue weighted by molar-refractivity contribution is 5.97. The summed E-state index contributed by atoms with van der Waals surface area (Å²) in [7, 11) is 1.32. The van der Waals surface area contributed by atoms with Gasteiger partial charge >= 0.3 is 5.97 Å². The van der Waals surface area contributed by atoms with E-state index in [4.69, 9.17) is 10.5 Å². The molecule has 0 spiro atoms. The van der Waals surface area contributed by atoms with Gasteiger partial charge in [0.15, 0.2) is 6.10 Å². The fraction of sp³-hybridized carbons (Fsp3) is 0.385. The summed E-state index contributed by atoms with van der Waals surface area (Å²) in [5.41, 5.74) is 7.22. The lowest BCUT2D eigenvalue weighted by Gasteiger charge is -2.24. The van der Waals surface area contributed by atoms with E-state index in [0.29, 0.717) is 11.4 Å². The van der Waals surface area contributed by atoms with Crippen LogP contribution in [0.15, 0.2) is 18.2 Å². The molecule has 0 aromatic heterocycles. The lowest BCUT2D eigenvalue weighted by molar-refractivity contribution is -0.141. The molecular weight excluding hydrogens is 248 g/mol. The maximum Gasteiger partial charge on any atom is 0.307 e. The number of nitrogens with two attached hydrogens (primary N) is 1. The maximum atomic E-state index is 11.5. The number of fused-ring (bicyclic) bond motifs is 1. The predicted octanol–water partition coefficient (Wildman–Crippen LogP) is 0.969. The van der Waals surface area contributed by atoms with E-state index in [9.17, 15) is 9.59 Å². The first-order valence-electron chi connectivity index (χ1n) is 5.95. The quantitative estimate of drug-likeness (QED) is 0.794. The number of hydrogen-bond donors (Lipinski definition) is 2. The first-order chi connectivity index (χ1) is 9.01. The van der Waals surface area contributed by atoms with Gasteiger partial charge in [0, 0.05) is 6.04 Å². The van der Waals surface area contributed by atoms with Crippen molar-refractivity contribution in [1.82, 2.24) is 0 Å². The summed E-state index contributed by atoms with van der Waals surface area (Å²) in [5, 5.41) is 2.74. The van der Waals surface area contributed by atoms with E-state index in [2.05, 4.69) is 10.1 Å². The molecule has 3 N–H and O–H groups in total. The molecule has 19 heavy (non-hydrogen) atoms. The summed E-state index contributed by atoms with van der Waals surface area (Å²) < 4.78 is 10.0. The third kappa shape index (κ3) is 2.85. The number of ether oxygens (including phenoxy) is 2. The Morgan fingerprint density at radius 2 is 2.32 bits per heavy atom. The molecule has 1 aromatic rings. The van der Waals surface area contributed by atoms with Crippen LogP contribution in [0.5, 0.6) is 5.75 Å². The van der Waals surface area contributed by atoms with Crippen molar-refractivity contribution in [3.8, 4) is 5.75 Å². The normalized spacial score (nSPS) is 18.9. The van der Waals surface area contributed by atoms with Crippen LogP contribution in [-0.2, 0) is 14.3 Å². The minimum absolute atomic E-state index is 0.0838. The second-order valence-electron chi connectivity index (χ2n) is 4.39. The number of hydrogen-bond acceptors (Lipinski definition) is 5. The van der Waals surface area contributed by atoms with Crippen molar-refractivity contribution in [2.24, 2.45) is 5.73 Å². The third-order valence-corrected chi connectivity index (χ3v) is 2.98. The number of amides is 1. The topological polar surface area (TPSA) is 90.6 Å². The molecule has 0 aliphatic carbocycles. The van der Waals surface area contributed by atoms with Crippen molar-refractivity contribution < 1.29 is 19.1 Å². The number of carbonyl (C=O) groups excluding carboxylic acids is 2. The van der Waals surface area contributed by atoms with Gasteiger partial charge in [0.05, 0.1) is 19.2 Å². The van der Waals surface area contributed by atoms with Gasteiger partial charge in [-0.3, -0.25) is 9.59 Å². The number of esters is 1. The Kier molecular flexibility index (Phi) is 3.71. The van der Waals surface area contributed by atoms with Gasteiger partial charge < -0.3 is 20.5 Å². The van der Waals surface area contributed by atoms with Crippen LogP contribution < -0.4 is 15.8 Å². The van der Waals surface area contributed by atoms with E-state index >= 15 is 0 Å². The molecule has 6 heteroatoms. The number of methoxy groups -OCH3 is 1. The Labute approximate surface area is 110 Å². The van der Waals surface area contributed by atoms with Crippen LogP contribution in [0.25, 0.3) is 0 Å². The Hall–Kier alpha value is -2.08. The minimum atomic E-state index is -0.512. The van der Waals surface area contributed by atoms with E-state index in [1.165, 1.54) is 7.11 Å². The van der Waals surface area contributed by atoms with Gasteiger partial charge in [-0.05, 0) is 24.6 Å². The molecule has 2 unspecified atom stereocenters. The molecule has 6 nitrogen and oxygen atoms in total. The lowest BCUT2D eigenvalue weighted by Crippen LogP contribution is -2.34. The van der Waals surface area contributed by atoms with Crippen LogP contribution in [0.1, 0.15) is 24.9 Å². The summed E-state index contributed by atoms with van der Waals surface area (Å²) in [6, 6.07) is 4.75. The molecule has 1 aliphatic heterocycles. The van der Waals surface area contributed by atoms with Crippen molar-refractivity contribution in [3.63, 3.8) is 0 Å². The third-order valence-electron chi connectivity index (χ3n) is 2.98. The number of rotatable bonds is 3. The van der Waals surface area contributed by atoms with Gasteiger partial charge in [0.1, 0.15) is 5.75 Å². The summed E-state index contributed by atoms with van der Waals surface area (Å²) in [6.45, 7) is 1.68. The van der Waals surface area contributed by atoms with Gasteiger partial charge in [0.25, 0.3) is 5.91 Å². The van der Waals surface area contributed by atoms with E-state index in [1.807, 2.05) is 0 Å². The van der Waals surface area contributed by atoms with Crippen LogP contribution in [-0.4, -0.2) is 25.1 Å². The number of nitrogens with one attached hydrogen (secondary N) is 1. The highest BCUT2D eigenvalue weighted by Crippen LogP contribution is 2.32. The zero-order chi connectivity index (χ0) is 14.0. The Morgan fingerprint density at radius 3 is 3.00 bits per heavy atom. The number of benzene rings is 1. The van der Waals surface area contributed by atoms with Crippen LogP contribution in [0.3, 0.4) is 0 Å². The lowest BCUT2D eigenvalue weighted by atomic mass is 10.0. The SMILES string of the molecule is COC(=O)CC(N)c1ccc2c(c1)NC(=O)C(C)O2. The molecule has 0 fully saturated rings. The van der Waals surface area contributed by atoms with E-state index in [0.717, 1.165) is 5.56 Å². The predicted molar refractivity (Wildman–Crippen MR) is 68.7 cm³/mol. The molecule has 1 heterocycles. The van der Waals surface area contributed by atoms with Gasteiger partial charge in [-0.1, -0.05) is 6.07 Å². The smallest absolute Gasteiger partial charge is 0.307 e. The van der Waals surface area contributed by atoms with Crippen molar-refractivity contribution >= 4 is 17.6 Å². The summed E-state index contributed by atoms with van der Waals surface area (Å²) in [5.74, 6) is 0.0198. The highest BCUT2D eigenvalue weighted by atomic mass is 16.5. The fourth-order valence-corrected chi connectivity index (χ4v) is 1.84. The average Bonchev–Trinajstić information content (AvgIpc) is 2.39. The highest BCUT2D eigenvalue weighted by Gasteiger charge is 2.24. The second-order valence-corrected chi connectivity index (χ2v) is 4.39. The zero-order valence-corrected chi connectivity index (χ0v) is 10.8. The van der Waals surface area contributed by atoms with Crippen molar-refractivity contribution in [3.05, 3.63) is 23.8 Å². The average molecular weight is 264 g/mol. The van der Waals surface area contributed by atoms with Crippen LogP contribution in [0.2, 0.25) is 0 Å². The van der Waals surface area contributed by atoms with Crippen LogP contribution in [0.4, 0.5) is 5.69 Å². The molecule has 2 atom stereocenters. The number of anilines is 1. The van der Waals surface area contributed by atoms with Crippen molar-refractivity contribution in [2.75, 3.05) is 12.4 Å². The van der Waals surface area contributed by atoms with Gasteiger partial charge in [-0.15, -0.1) is 0 Å². The van der Waals surface area contributed by atoms with Gasteiger partial charge in [-0.25, -0.2) is 0 Å². The molecule has 2 rings (SSSR count). The molecule has 102 valence electrons. The molecule has 1 aromatic carbocycles. The monoisotopic (exact) mass is 264 g/mol. The largest absolute Gasteiger partial charge is 0.479 e. The molecule has 0 bridgehead atoms. The molecule has 0 saturated heterocycles. The second kappa shape index (κ2) is 5.27. The molecule has 0 saturated carbocycles. The van der Waals surface area contributed by atoms with Gasteiger partial charge in [-0.2, -0.15) is 0 Å². The minimum Gasteiger partial charge on any atom is -0.479 e. The Bertz CT molecular complexity index is 515. The van der Waals surface area contributed by atoms with E-state index in [1.54, 1.807) is 25.1 Å².